The molecule has 0 saturated carbocycles. The van der Waals surface area contributed by atoms with Gasteiger partial charge in [-0.1, -0.05) is 63.2 Å². The van der Waals surface area contributed by atoms with E-state index in [1.165, 1.54) is 11.8 Å². The van der Waals surface area contributed by atoms with Gasteiger partial charge in [-0.2, -0.15) is 11.8 Å². The van der Waals surface area contributed by atoms with Crippen molar-refractivity contribution in [2.45, 2.75) is 38.0 Å². The van der Waals surface area contributed by atoms with Gasteiger partial charge in [0.15, 0.2) is 0 Å². The summed E-state index contributed by atoms with van der Waals surface area (Å²) in [6.07, 6.45) is 0. The first-order chi connectivity index (χ1) is 12.3. The van der Waals surface area contributed by atoms with Gasteiger partial charge in [0, 0.05) is 17.1 Å². The molecule has 26 heavy (non-hydrogen) atoms. The fourth-order valence-electron chi connectivity index (χ4n) is 2.41. The summed E-state index contributed by atoms with van der Waals surface area (Å²) in [5.41, 5.74) is 2.73. The topological polar surface area (TPSA) is 66.4 Å². The molecule has 0 aliphatic rings. The molecule has 5 heteroatoms. The molecular weight excluding hydrogens is 346 g/mol. The van der Waals surface area contributed by atoms with Gasteiger partial charge in [-0.15, -0.1) is 0 Å². The first-order valence-corrected chi connectivity index (χ1v) is 9.69. The van der Waals surface area contributed by atoms with E-state index in [0.29, 0.717) is 17.1 Å². The number of rotatable bonds is 7. The van der Waals surface area contributed by atoms with Crippen molar-refractivity contribution in [1.82, 2.24) is 5.32 Å². The molecule has 2 aromatic carbocycles. The lowest BCUT2D eigenvalue weighted by atomic mass is 9.86. The van der Waals surface area contributed by atoms with E-state index in [1.807, 2.05) is 42.5 Å². The predicted octanol–water partition coefficient (Wildman–Crippen LogP) is 4.10. The van der Waals surface area contributed by atoms with Crippen molar-refractivity contribution >= 4 is 23.6 Å². The summed E-state index contributed by atoms with van der Waals surface area (Å²) in [7, 11) is 0. The zero-order chi connectivity index (χ0) is 19.2. The van der Waals surface area contributed by atoms with E-state index in [2.05, 4.69) is 26.1 Å². The number of carboxylic acid groups (broad SMARTS) is 1. The number of amides is 1. The molecule has 0 aliphatic carbocycles. The highest BCUT2D eigenvalue weighted by Crippen LogP contribution is 2.22. The molecule has 2 rings (SSSR count). The molecule has 0 bridgehead atoms. The maximum Gasteiger partial charge on any atom is 0.327 e. The van der Waals surface area contributed by atoms with Crippen molar-refractivity contribution in [3.8, 4) is 0 Å². The van der Waals surface area contributed by atoms with Gasteiger partial charge < -0.3 is 10.4 Å². The van der Waals surface area contributed by atoms with Gasteiger partial charge in [0.05, 0.1) is 0 Å². The van der Waals surface area contributed by atoms with Crippen LogP contribution in [0.15, 0.2) is 54.6 Å². The standard InChI is InChI=1S/C21H25NO3S/c1-21(2,3)17-11-9-16(10-12-17)19(23)22-18(20(24)25)14-26-13-15-7-5-4-6-8-15/h4-12,18H,13-14H2,1-3H3,(H,22,23)(H,24,25). The van der Waals surface area contributed by atoms with Crippen LogP contribution in [0.5, 0.6) is 0 Å². The predicted molar refractivity (Wildman–Crippen MR) is 107 cm³/mol. The SMILES string of the molecule is CC(C)(C)c1ccc(C(=O)NC(CSCc2ccccc2)C(=O)O)cc1. The highest BCUT2D eigenvalue weighted by Gasteiger charge is 2.21. The van der Waals surface area contributed by atoms with Gasteiger partial charge in [0.25, 0.3) is 5.91 Å². The van der Waals surface area contributed by atoms with Gasteiger partial charge in [-0.3, -0.25) is 4.79 Å². The van der Waals surface area contributed by atoms with Crippen LogP contribution < -0.4 is 5.32 Å². The Morgan fingerprint density at radius 2 is 1.65 bits per heavy atom. The Bertz CT molecular complexity index is 736. The number of nitrogens with one attached hydrogen (secondary N) is 1. The van der Waals surface area contributed by atoms with Gasteiger partial charge in [-0.25, -0.2) is 4.79 Å². The average Bonchev–Trinajstić information content (AvgIpc) is 2.61. The normalized spacial score (nSPS) is 12.4. The van der Waals surface area contributed by atoms with Crippen LogP contribution in [0.1, 0.15) is 42.3 Å². The highest BCUT2D eigenvalue weighted by molar-refractivity contribution is 7.98. The minimum absolute atomic E-state index is 0.00663. The van der Waals surface area contributed by atoms with E-state index in [-0.39, 0.29) is 11.3 Å². The lowest BCUT2D eigenvalue weighted by Gasteiger charge is -2.19. The molecule has 1 atom stereocenters. The minimum Gasteiger partial charge on any atom is -0.480 e. The van der Waals surface area contributed by atoms with Crippen LogP contribution >= 0.6 is 11.8 Å². The molecule has 0 fully saturated rings. The van der Waals surface area contributed by atoms with E-state index >= 15 is 0 Å². The molecular formula is C21H25NO3S. The van der Waals surface area contributed by atoms with Gasteiger partial charge >= 0.3 is 5.97 Å². The van der Waals surface area contributed by atoms with Crippen LogP contribution in [-0.4, -0.2) is 28.8 Å². The molecule has 2 N–H and O–H groups in total. The third-order valence-corrected chi connectivity index (χ3v) is 5.12. The average molecular weight is 372 g/mol. The zero-order valence-electron chi connectivity index (χ0n) is 15.4. The minimum atomic E-state index is -1.02. The molecule has 0 aromatic heterocycles. The third-order valence-electron chi connectivity index (χ3n) is 4.01. The number of hydrogen-bond donors (Lipinski definition) is 2. The molecule has 2 aromatic rings. The van der Waals surface area contributed by atoms with Crippen molar-refractivity contribution in [2.24, 2.45) is 0 Å². The van der Waals surface area contributed by atoms with Crippen LogP contribution in [0.2, 0.25) is 0 Å². The molecule has 0 radical (unpaired) electrons. The molecule has 0 aliphatic heterocycles. The summed E-state index contributed by atoms with van der Waals surface area (Å²) >= 11 is 1.49. The summed E-state index contributed by atoms with van der Waals surface area (Å²) in [6, 6.07) is 16.2. The number of thioether (sulfide) groups is 1. The van der Waals surface area contributed by atoms with Crippen LogP contribution in [0.4, 0.5) is 0 Å². The molecule has 4 nitrogen and oxygen atoms in total. The number of carboxylic acids is 1. The number of carbonyl (C=O) groups is 2. The second kappa shape index (κ2) is 8.90. The monoisotopic (exact) mass is 371 g/mol. The number of benzene rings is 2. The Morgan fingerprint density at radius 1 is 1.04 bits per heavy atom. The fraction of sp³-hybridized carbons (Fsp3) is 0.333. The Kier molecular flexibility index (Phi) is 6.86. The van der Waals surface area contributed by atoms with Crippen molar-refractivity contribution < 1.29 is 14.7 Å². The lowest BCUT2D eigenvalue weighted by Crippen LogP contribution is -2.42. The van der Waals surface area contributed by atoms with Crippen molar-refractivity contribution in [2.75, 3.05) is 5.75 Å². The zero-order valence-corrected chi connectivity index (χ0v) is 16.2. The quantitative estimate of drug-likeness (QED) is 0.769. The summed E-state index contributed by atoms with van der Waals surface area (Å²) < 4.78 is 0. The van der Waals surface area contributed by atoms with Crippen LogP contribution in [0.25, 0.3) is 0 Å². The molecule has 1 unspecified atom stereocenters. The Balaban J connectivity index is 1.94. The lowest BCUT2D eigenvalue weighted by molar-refractivity contribution is -0.138. The second-order valence-electron chi connectivity index (χ2n) is 7.19. The van der Waals surface area contributed by atoms with Gasteiger partial charge in [0.1, 0.15) is 6.04 Å². The number of aliphatic carboxylic acids is 1. The summed E-state index contributed by atoms with van der Waals surface area (Å²) in [5.74, 6) is -0.361. The largest absolute Gasteiger partial charge is 0.480 e. The maximum absolute atomic E-state index is 12.4. The third kappa shape index (κ3) is 5.92. The smallest absolute Gasteiger partial charge is 0.327 e. The fourth-order valence-corrected chi connectivity index (χ4v) is 3.41. The van der Waals surface area contributed by atoms with Crippen LogP contribution in [0.3, 0.4) is 0 Å². The molecule has 0 spiro atoms. The molecule has 0 saturated heterocycles. The first-order valence-electron chi connectivity index (χ1n) is 8.53. The molecule has 138 valence electrons. The Hall–Kier alpha value is -2.27. The maximum atomic E-state index is 12.4. The van der Waals surface area contributed by atoms with Crippen LogP contribution in [0, 0.1) is 0 Å². The first kappa shape index (κ1) is 20.0. The van der Waals surface area contributed by atoms with E-state index in [9.17, 15) is 14.7 Å². The molecule has 1 amide bonds. The summed E-state index contributed by atoms with van der Waals surface area (Å²) in [5, 5.41) is 12.0. The van der Waals surface area contributed by atoms with E-state index in [0.717, 1.165) is 11.1 Å². The van der Waals surface area contributed by atoms with Gasteiger partial charge in [0.2, 0.25) is 0 Å². The Labute approximate surface area is 159 Å². The Morgan fingerprint density at radius 3 is 2.19 bits per heavy atom. The van der Waals surface area contributed by atoms with Crippen molar-refractivity contribution in [3.05, 3.63) is 71.3 Å². The van der Waals surface area contributed by atoms with Crippen molar-refractivity contribution in [3.63, 3.8) is 0 Å². The summed E-state index contributed by atoms with van der Waals surface area (Å²) in [6.45, 7) is 6.31. The van der Waals surface area contributed by atoms with E-state index < -0.39 is 12.0 Å². The van der Waals surface area contributed by atoms with E-state index in [4.69, 9.17) is 0 Å². The number of carbonyl (C=O) groups excluding carboxylic acids is 1. The molecule has 0 heterocycles. The highest BCUT2D eigenvalue weighted by atomic mass is 32.2. The van der Waals surface area contributed by atoms with Crippen LogP contribution in [-0.2, 0) is 16.0 Å². The second-order valence-corrected chi connectivity index (χ2v) is 8.22. The van der Waals surface area contributed by atoms with Crippen molar-refractivity contribution in [1.29, 1.82) is 0 Å². The van der Waals surface area contributed by atoms with E-state index in [1.54, 1.807) is 12.1 Å². The number of hydrogen-bond acceptors (Lipinski definition) is 3. The van der Waals surface area contributed by atoms with Gasteiger partial charge in [-0.05, 0) is 28.7 Å². The summed E-state index contributed by atoms with van der Waals surface area (Å²) in [4.78, 5) is 23.8.